The van der Waals surface area contributed by atoms with E-state index in [0.29, 0.717) is 43.8 Å². The second kappa shape index (κ2) is 9.58. The van der Waals surface area contributed by atoms with Crippen LogP contribution in [0.2, 0.25) is 0 Å². The molecule has 9 heteroatoms. The molecule has 0 saturated carbocycles. The number of benzene rings is 2. The van der Waals surface area contributed by atoms with Crippen molar-refractivity contribution in [2.24, 2.45) is 0 Å². The van der Waals surface area contributed by atoms with Crippen molar-refractivity contribution in [3.05, 3.63) is 88.7 Å². The molecule has 170 valence electrons. The maximum atomic E-state index is 13.7. The third-order valence-corrected chi connectivity index (χ3v) is 6.90. The number of nitrogens with one attached hydrogen (secondary N) is 1. The van der Waals surface area contributed by atoms with Gasteiger partial charge in [-0.15, -0.1) is 11.3 Å². The number of ether oxygens (including phenoxy) is 1. The SMILES string of the molecule is COc1ccc(NC(=O)CSc2nc3scc(-c4ccco4)c3c(=O)n2-c2ccccc2)cc1. The van der Waals surface area contributed by atoms with E-state index in [0.717, 1.165) is 0 Å². The summed E-state index contributed by atoms with van der Waals surface area (Å²) in [5.41, 5.74) is 1.84. The number of rotatable bonds is 7. The van der Waals surface area contributed by atoms with Gasteiger partial charge in [-0.3, -0.25) is 14.2 Å². The highest BCUT2D eigenvalue weighted by molar-refractivity contribution is 7.99. The highest BCUT2D eigenvalue weighted by Crippen LogP contribution is 2.33. The maximum Gasteiger partial charge on any atom is 0.268 e. The lowest BCUT2D eigenvalue weighted by atomic mass is 10.2. The molecule has 0 spiro atoms. The third-order valence-electron chi connectivity index (χ3n) is 5.08. The van der Waals surface area contributed by atoms with E-state index in [9.17, 15) is 9.59 Å². The van der Waals surface area contributed by atoms with Crippen molar-refractivity contribution in [1.82, 2.24) is 9.55 Å². The number of amides is 1. The molecule has 1 N–H and O–H groups in total. The van der Waals surface area contributed by atoms with Crippen molar-refractivity contribution in [2.75, 3.05) is 18.2 Å². The number of methoxy groups -OCH3 is 1. The number of furan rings is 1. The van der Waals surface area contributed by atoms with Gasteiger partial charge in [-0.05, 0) is 48.5 Å². The monoisotopic (exact) mass is 489 g/mol. The van der Waals surface area contributed by atoms with Crippen molar-refractivity contribution in [1.29, 1.82) is 0 Å². The first-order valence-electron chi connectivity index (χ1n) is 10.3. The van der Waals surface area contributed by atoms with Gasteiger partial charge in [-0.25, -0.2) is 4.98 Å². The second-order valence-corrected chi connectivity index (χ2v) is 9.04. The molecule has 3 aromatic heterocycles. The maximum absolute atomic E-state index is 13.7. The number of carbonyl (C=O) groups excluding carboxylic acids is 1. The number of fused-ring (bicyclic) bond motifs is 1. The number of hydrogen-bond acceptors (Lipinski definition) is 7. The fraction of sp³-hybridized carbons (Fsp3) is 0.0800. The quantitative estimate of drug-likeness (QED) is 0.242. The molecule has 2 aromatic carbocycles. The largest absolute Gasteiger partial charge is 0.497 e. The van der Waals surface area contributed by atoms with Crippen LogP contribution in [-0.4, -0.2) is 28.3 Å². The summed E-state index contributed by atoms with van der Waals surface area (Å²) in [6, 6.07) is 20.0. The molecule has 0 radical (unpaired) electrons. The van der Waals surface area contributed by atoms with E-state index in [1.807, 2.05) is 41.8 Å². The van der Waals surface area contributed by atoms with E-state index < -0.39 is 0 Å². The van der Waals surface area contributed by atoms with Crippen LogP contribution in [0.5, 0.6) is 5.75 Å². The van der Waals surface area contributed by atoms with E-state index in [1.165, 1.54) is 23.1 Å². The molecule has 0 aliphatic carbocycles. The first kappa shape index (κ1) is 22.0. The summed E-state index contributed by atoms with van der Waals surface area (Å²) in [5.74, 6) is 1.21. The third kappa shape index (κ3) is 4.35. The van der Waals surface area contributed by atoms with E-state index in [1.54, 1.807) is 48.3 Å². The summed E-state index contributed by atoms with van der Waals surface area (Å²) in [5, 5.41) is 5.67. The Labute approximate surface area is 203 Å². The topological polar surface area (TPSA) is 86.4 Å². The lowest BCUT2D eigenvalue weighted by molar-refractivity contribution is -0.113. The molecule has 0 unspecified atom stereocenters. The lowest BCUT2D eigenvalue weighted by Crippen LogP contribution is -2.22. The molecule has 7 nitrogen and oxygen atoms in total. The Hall–Kier alpha value is -3.82. The molecular formula is C25H19N3O4S2. The lowest BCUT2D eigenvalue weighted by Gasteiger charge is -2.12. The van der Waals surface area contributed by atoms with Gasteiger partial charge < -0.3 is 14.5 Å². The summed E-state index contributed by atoms with van der Waals surface area (Å²) in [6.07, 6.45) is 1.58. The number of nitrogens with zero attached hydrogens (tertiary/aromatic N) is 2. The number of thiophene rings is 1. The molecule has 0 aliphatic rings. The summed E-state index contributed by atoms with van der Waals surface area (Å²) >= 11 is 2.59. The smallest absolute Gasteiger partial charge is 0.268 e. The van der Waals surface area contributed by atoms with Crippen LogP contribution in [0.25, 0.3) is 27.2 Å². The van der Waals surface area contributed by atoms with Gasteiger partial charge in [0, 0.05) is 16.6 Å². The molecule has 1 amide bonds. The number of thioether (sulfide) groups is 1. The van der Waals surface area contributed by atoms with Crippen LogP contribution in [-0.2, 0) is 4.79 Å². The minimum atomic E-state index is -0.207. The molecule has 5 aromatic rings. The normalized spacial score (nSPS) is 11.0. The van der Waals surface area contributed by atoms with Crippen LogP contribution in [0.3, 0.4) is 0 Å². The van der Waals surface area contributed by atoms with E-state index >= 15 is 0 Å². The molecule has 3 heterocycles. The summed E-state index contributed by atoms with van der Waals surface area (Å²) in [4.78, 5) is 31.6. The van der Waals surface area contributed by atoms with Gasteiger partial charge in [0.1, 0.15) is 16.3 Å². The summed E-state index contributed by atoms with van der Waals surface area (Å²) in [6.45, 7) is 0. The minimum absolute atomic E-state index is 0.0905. The van der Waals surface area contributed by atoms with Crippen LogP contribution >= 0.6 is 23.1 Å². The van der Waals surface area contributed by atoms with Crippen LogP contribution < -0.4 is 15.6 Å². The Morgan fingerprint density at radius 2 is 1.91 bits per heavy atom. The fourth-order valence-corrected chi connectivity index (χ4v) is 5.27. The molecule has 0 bridgehead atoms. The van der Waals surface area contributed by atoms with Crippen LogP contribution in [0, 0.1) is 0 Å². The molecule has 5 rings (SSSR count). The van der Waals surface area contributed by atoms with Crippen molar-refractivity contribution >= 4 is 44.9 Å². The van der Waals surface area contributed by atoms with Crippen LogP contribution in [0.4, 0.5) is 5.69 Å². The zero-order valence-corrected chi connectivity index (χ0v) is 19.7. The Kier molecular flexibility index (Phi) is 6.20. The van der Waals surface area contributed by atoms with Gasteiger partial charge in [0.05, 0.1) is 30.2 Å². The van der Waals surface area contributed by atoms with Crippen LogP contribution in [0.15, 0.2) is 92.7 Å². The number of carbonyl (C=O) groups is 1. The minimum Gasteiger partial charge on any atom is -0.497 e. The predicted molar refractivity (Wildman–Crippen MR) is 135 cm³/mol. The Balaban J connectivity index is 1.48. The van der Waals surface area contributed by atoms with E-state index in [2.05, 4.69) is 5.32 Å². The molecule has 0 fully saturated rings. The van der Waals surface area contributed by atoms with Crippen molar-refractivity contribution in [3.8, 4) is 22.8 Å². The second-order valence-electron chi connectivity index (χ2n) is 7.24. The van der Waals surface area contributed by atoms with E-state index in [-0.39, 0.29) is 17.2 Å². The first-order valence-corrected chi connectivity index (χ1v) is 12.2. The predicted octanol–water partition coefficient (Wildman–Crippen LogP) is 5.45. The zero-order valence-electron chi connectivity index (χ0n) is 18.1. The Bertz CT molecular complexity index is 1490. The first-order chi connectivity index (χ1) is 16.6. The van der Waals surface area contributed by atoms with Gasteiger partial charge in [0.2, 0.25) is 5.91 Å². The van der Waals surface area contributed by atoms with Crippen molar-refractivity contribution < 1.29 is 13.9 Å². The molecule has 0 saturated heterocycles. The van der Waals surface area contributed by atoms with Gasteiger partial charge in [-0.1, -0.05) is 30.0 Å². The molecule has 0 atom stereocenters. The van der Waals surface area contributed by atoms with Crippen LogP contribution in [0.1, 0.15) is 0 Å². The zero-order chi connectivity index (χ0) is 23.5. The van der Waals surface area contributed by atoms with E-state index in [4.69, 9.17) is 14.1 Å². The van der Waals surface area contributed by atoms with Gasteiger partial charge in [0.25, 0.3) is 5.56 Å². The molecule has 0 aliphatic heterocycles. The Morgan fingerprint density at radius 1 is 1.12 bits per heavy atom. The number of aromatic nitrogens is 2. The average Bonchev–Trinajstić information content (AvgIpc) is 3.54. The van der Waals surface area contributed by atoms with Crippen molar-refractivity contribution in [3.63, 3.8) is 0 Å². The van der Waals surface area contributed by atoms with Gasteiger partial charge >= 0.3 is 0 Å². The number of anilines is 1. The summed E-state index contributed by atoms with van der Waals surface area (Å²) in [7, 11) is 1.59. The highest BCUT2D eigenvalue weighted by Gasteiger charge is 2.20. The average molecular weight is 490 g/mol. The molecule has 34 heavy (non-hydrogen) atoms. The summed E-state index contributed by atoms with van der Waals surface area (Å²) < 4.78 is 12.2. The standard InChI is InChI=1S/C25H19N3O4S2/c1-31-18-11-9-16(10-12-18)26-21(29)15-34-25-27-23-22(19(14-33-23)20-8-5-13-32-20)24(30)28(25)17-6-3-2-4-7-17/h2-14H,15H2,1H3,(H,26,29). The van der Waals surface area contributed by atoms with Gasteiger partial charge in [-0.2, -0.15) is 0 Å². The highest BCUT2D eigenvalue weighted by atomic mass is 32.2. The van der Waals surface area contributed by atoms with Gasteiger partial charge in [0.15, 0.2) is 5.16 Å². The number of hydrogen-bond donors (Lipinski definition) is 1. The fourth-order valence-electron chi connectivity index (χ4n) is 3.49. The number of para-hydroxylation sites is 1. The van der Waals surface area contributed by atoms with Crippen molar-refractivity contribution in [2.45, 2.75) is 5.16 Å². The molecular weight excluding hydrogens is 470 g/mol. The Morgan fingerprint density at radius 3 is 2.62 bits per heavy atom.